The molecule has 24 heavy (non-hydrogen) atoms. The summed E-state index contributed by atoms with van der Waals surface area (Å²) < 4.78 is 10.6. The fourth-order valence-electron chi connectivity index (χ4n) is 2.68. The Morgan fingerprint density at radius 3 is 2.62 bits per heavy atom. The molecule has 2 aromatic rings. The maximum Gasteiger partial charge on any atom is 0.287 e. The zero-order valence-electron chi connectivity index (χ0n) is 13.9. The van der Waals surface area contributed by atoms with Crippen LogP contribution in [0, 0.1) is 0 Å². The number of nitrogens with zero attached hydrogens (tertiary/aromatic N) is 4. The van der Waals surface area contributed by atoms with Gasteiger partial charge in [-0.2, -0.15) is 0 Å². The number of amides is 1. The molecule has 1 aliphatic heterocycles. The van der Waals surface area contributed by atoms with Crippen LogP contribution in [-0.4, -0.2) is 65.2 Å². The maximum absolute atomic E-state index is 11.8. The van der Waals surface area contributed by atoms with Gasteiger partial charge in [0.2, 0.25) is 11.8 Å². The third kappa shape index (κ3) is 4.42. The highest BCUT2D eigenvalue weighted by Crippen LogP contribution is 2.08. The SMILES string of the molecule is CCc1nnc(CN2CCN(CCNC(=O)c3ccco3)CC2)o1. The second kappa shape index (κ2) is 8.07. The van der Waals surface area contributed by atoms with Crippen molar-refractivity contribution in [2.24, 2.45) is 0 Å². The Kier molecular flexibility index (Phi) is 5.60. The van der Waals surface area contributed by atoms with E-state index in [4.69, 9.17) is 8.83 Å². The zero-order valence-corrected chi connectivity index (χ0v) is 13.9. The van der Waals surface area contributed by atoms with Gasteiger partial charge >= 0.3 is 0 Å². The smallest absolute Gasteiger partial charge is 0.287 e. The van der Waals surface area contributed by atoms with Gasteiger partial charge in [-0.15, -0.1) is 10.2 Å². The minimum Gasteiger partial charge on any atom is -0.459 e. The molecule has 0 aromatic carbocycles. The van der Waals surface area contributed by atoms with Crippen molar-refractivity contribution in [3.05, 3.63) is 35.9 Å². The Morgan fingerprint density at radius 1 is 1.21 bits per heavy atom. The fourth-order valence-corrected chi connectivity index (χ4v) is 2.68. The number of piperazine rings is 1. The molecule has 1 aliphatic rings. The molecule has 8 nitrogen and oxygen atoms in total. The zero-order chi connectivity index (χ0) is 16.8. The summed E-state index contributed by atoms with van der Waals surface area (Å²) in [5.41, 5.74) is 0. The van der Waals surface area contributed by atoms with E-state index in [9.17, 15) is 4.79 Å². The van der Waals surface area contributed by atoms with Gasteiger partial charge in [0.1, 0.15) is 0 Å². The Labute approximate surface area is 140 Å². The summed E-state index contributed by atoms with van der Waals surface area (Å²) in [5, 5.41) is 10.9. The summed E-state index contributed by atoms with van der Waals surface area (Å²) >= 11 is 0. The molecule has 0 aliphatic carbocycles. The van der Waals surface area contributed by atoms with Gasteiger partial charge in [0.25, 0.3) is 5.91 Å². The molecule has 0 atom stereocenters. The van der Waals surface area contributed by atoms with Crippen molar-refractivity contribution < 1.29 is 13.6 Å². The molecule has 1 amide bonds. The largest absolute Gasteiger partial charge is 0.459 e. The van der Waals surface area contributed by atoms with E-state index in [1.165, 1.54) is 6.26 Å². The van der Waals surface area contributed by atoms with Crippen LogP contribution in [0.4, 0.5) is 0 Å². The highest BCUT2D eigenvalue weighted by Gasteiger charge is 2.19. The summed E-state index contributed by atoms with van der Waals surface area (Å²) in [6.45, 7) is 7.99. The third-order valence-electron chi connectivity index (χ3n) is 4.09. The number of carbonyl (C=O) groups is 1. The van der Waals surface area contributed by atoms with Crippen molar-refractivity contribution in [1.82, 2.24) is 25.3 Å². The molecular formula is C16H23N5O3. The minimum atomic E-state index is -0.165. The van der Waals surface area contributed by atoms with Crippen LogP contribution in [0.1, 0.15) is 29.3 Å². The monoisotopic (exact) mass is 333 g/mol. The predicted octanol–water partition coefficient (Wildman–Crippen LogP) is 0.773. The Hall–Kier alpha value is -2.19. The van der Waals surface area contributed by atoms with Crippen molar-refractivity contribution in [3.63, 3.8) is 0 Å². The van der Waals surface area contributed by atoms with E-state index in [0.29, 0.717) is 30.6 Å². The van der Waals surface area contributed by atoms with Gasteiger partial charge in [-0.05, 0) is 12.1 Å². The molecule has 0 bridgehead atoms. The number of carbonyl (C=O) groups excluding carboxylic acids is 1. The molecular weight excluding hydrogens is 310 g/mol. The summed E-state index contributed by atoms with van der Waals surface area (Å²) in [5.74, 6) is 1.56. The Morgan fingerprint density at radius 2 is 1.96 bits per heavy atom. The van der Waals surface area contributed by atoms with Gasteiger partial charge in [0, 0.05) is 45.7 Å². The average molecular weight is 333 g/mol. The molecule has 1 N–H and O–H groups in total. The number of aromatic nitrogens is 2. The van der Waals surface area contributed by atoms with Crippen LogP contribution < -0.4 is 5.32 Å². The van der Waals surface area contributed by atoms with Crippen molar-refractivity contribution in [1.29, 1.82) is 0 Å². The summed E-state index contributed by atoms with van der Waals surface area (Å²) in [7, 11) is 0. The van der Waals surface area contributed by atoms with Crippen molar-refractivity contribution in [3.8, 4) is 0 Å². The van der Waals surface area contributed by atoms with Crippen molar-refractivity contribution >= 4 is 5.91 Å². The molecule has 3 heterocycles. The summed E-state index contributed by atoms with van der Waals surface area (Å²) in [4.78, 5) is 16.4. The summed E-state index contributed by atoms with van der Waals surface area (Å²) in [6.07, 6.45) is 2.27. The molecule has 0 spiro atoms. The predicted molar refractivity (Wildman–Crippen MR) is 86.4 cm³/mol. The lowest BCUT2D eigenvalue weighted by Crippen LogP contribution is -2.48. The first-order valence-corrected chi connectivity index (χ1v) is 8.32. The van der Waals surface area contributed by atoms with E-state index in [1.54, 1.807) is 12.1 Å². The van der Waals surface area contributed by atoms with E-state index in [2.05, 4.69) is 25.3 Å². The molecule has 1 fully saturated rings. The average Bonchev–Trinajstić information content (AvgIpc) is 3.28. The van der Waals surface area contributed by atoms with Crippen molar-refractivity contribution in [2.45, 2.75) is 19.9 Å². The number of hydrogen-bond acceptors (Lipinski definition) is 7. The van der Waals surface area contributed by atoms with Gasteiger partial charge in [-0.25, -0.2) is 0 Å². The lowest BCUT2D eigenvalue weighted by molar-refractivity contribution is 0.0903. The molecule has 2 aromatic heterocycles. The Balaban J connectivity index is 1.34. The number of nitrogens with one attached hydrogen (secondary N) is 1. The number of hydrogen-bond donors (Lipinski definition) is 1. The topological polar surface area (TPSA) is 87.6 Å². The number of aryl methyl sites for hydroxylation is 1. The second-order valence-corrected chi connectivity index (χ2v) is 5.79. The molecule has 1 saturated heterocycles. The van der Waals surface area contributed by atoms with Crippen LogP contribution in [-0.2, 0) is 13.0 Å². The van der Waals surface area contributed by atoms with E-state index in [0.717, 1.165) is 39.1 Å². The van der Waals surface area contributed by atoms with Crippen LogP contribution >= 0.6 is 0 Å². The van der Waals surface area contributed by atoms with Crippen LogP contribution in [0.15, 0.2) is 27.2 Å². The first kappa shape index (κ1) is 16.7. The molecule has 3 rings (SSSR count). The second-order valence-electron chi connectivity index (χ2n) is 5.79. The van der Waals surface area contributed by atoms with E-state index < -0.39 is 0 Å². The van der Waals surface area contributed by atoms with Crippen molar-refractivity contribution in [2.75, 3.05) is 39.3 Å². The summed E-state index contributed by atoms with van der Waals surface area (Å²) in [6, 6.07) is 3.37. The van der Waals surface area contributed by atoms with Crippen LogP contribution in [0.25, 0.3) is 0 Å². The highest BCUT2D eigenvalue weighted by atomic mass is 16.4. The first-order valence-electron chi connectivity index (χ1n) is 8.32. The standard InChI is InChI=1S/C16H23N5O3/c1-2-14-18-19-15(24-14)12-21-9-7-20(8-10-21)6-5-17-16(22)13-4-3-11-23-13/h3-4,11H,2,5-10,12H2,1H3,(H,17,22). The third-order valence-corrected chi connectivity index (χ3v) is 4.09. The van der Waals surface area contributed by atoms with Crippen LogP contribution in [0.3, 0.4) is 0 Å². The van der Waals surface area contributed by atoms with Gasteiger partial charge in [-0.1, -0.05) is 6.92 Å². The van der Waals surface area contributed by atoms with E-state index >= 15 is 0 Å². The number of furan rings is 1. The van der Waals surface area contributed by atoms with Crippen LogP contribution in [0.2, 0.25) is 0 Å². The highest BCUT2D eigenvalue weighted by molar-refractivity contribution is 5.91. The van der Waals surface area contributed by atoms with Crippen LogP contribution in [0.5, 0.6) is 0 Å². The minimum absolute atomic E-state index is 0.165. The van der Waals surface area contributed by atoms with E-state index in [-0.39, 0.29) is 5.91 Å². The lowest BCUT2D eigenvalue weighted by atomic mass is 10.3. The fraction of sp³-hybridized carbons (Fsp3) is 0.562. The first-order chi connectivity index (χ1) is 11.7. The van der Waals surface area contributed by atoms with E-state index in [1.807, 2.05) is 6.92 Å². The lowest BCUT2D eigenvalue weighted by Gasteiger charge is -2.33. The van der Waals surface area contributed by atoms with Gasteiger partial charge in [0.15, 0.2) is 5.76 Å². The Bertz CT molecular complexity index is 632. The molecule has 130 valence electrons. The maximum atomic E-state index is 11.8. The molecule has 0 saturated carbocycles. The van der Waals surface area contributed by atoms with Gasteiger partial charge in [0.05, 0.1) is 12.8 Å². The van der Waals surface area contributed by atoms with Gasteiger partial charge in [-0.3, -0.25) is 14.6 Å². The van der Waals surface area contributed by atoms with Gasteiger partial charge < -0.3 is 14.2 Å². The normalized spacial score (nSPS) is 16.4. The molecule has 0 unspecified atom stereocenters. The molecule has 8 heteroatoms. The molecule has 0 radical (unpaired) electrons. The number of rotatable bonds is 7. The quantitative estimate of drug-likeness (QED) is 0.801.